The highest BCUT2D eigenvalue weighted by Crippen LogP contribution is 2.28. The third-order valence-corrected chi connectivity index (χ3v) is 4.18. The molecule has 0 aromatic heterocycles. The molecule has 3 nitrogen and oxygen atoms in total. The molecule has 3 N–H and O–H groups in total. The number of amides is 1. The number of carbonyl (C=O) groups excluding carboxylic acids is 1. The van der Waals surface area contributed by atoms with Crippen LogP contribution in [0.25, 0.3) is 0 Å². The summed E-state index contributed by atoms with van der Waals surface area (Å²) in [5.74, 6) is 7.05. The van der Waals surface area contributed by atoms with Crippen LogP contribution in [0.4, 0.5) is 0 Å². The maximum absolute atomic E-state index is 12.2. The maximum atomic E-state index is 12.2. The van der Waals surface area contributed by atoms with Gasteiger partial charge in [0.15, 0.2) is 0 Å². The SMILES string of the molecule is CC1CCC(C(=O)NCc2ccccc2C#CCN)CC1. The van der Waals surface area contributed by atoms with Crippen molar-refractivity contribution in [1.29, 1.82) is 0 Å². The van der Waals surface area contributed by atoms with Gasteiger partial charge in [-0.2, -0.15) is 0 Å². The standard InChI is InChI=1S/C18H24N2O/c1-14-8-10-16(11-9-14)18(21)20-13-17-6-3-2-5-15(17)7-4-12-19/h2-3,5-6,14,16H,8-13,19H2,1H3,(H,20,21). The Kier molecular flexibility index (Phi) is 5.83. The molecule has 1 aromatic rings. The molecule has 1 aliphatic carbocycles. The van der Waals surface area contributed by atoms with Gasteiger partial charge in [-0.3, -0.25) is 4.79 Å². The van der Waals surface area contributed by atoms with Gasteiger partial charge in [0.05, 0.1) is 6.54 Å². The number of nitrogens with two attached hydrogens (primary N) is 1. The summed E-state index contributed by atoms with van der Waals surface area (Å²) >= 11 is 0. The summed E-state index contributed by atoms with van der Waals surface area (Å²) in [6.07, 6.45) is 4.36. The van der Waals surface area contributed by atoms with Gasteiger partial charge in [-0.15, -0.1) is 0 Å². The van der Waals surface area contributed by atoms with E-state index < -0.39 is 0 Å². The van der Waals surface area contributed by atoms with Crippen LogP contribution < -0.4 is 11.1 Å². The predicted octanol–water partition coefficient (Wildman–Crippen LogP) is 2.44. The van der Waals surface area contributed by atoms with Crippen molar-refractivity contribution in [2.45, 2.75) is 39.2 Å². The first-order chi connectivity index (χ1) is 10.2. The number of hydrogen-bond donors (Lipinski definition) is 2. The summed E-state index contributed by atoms with van der Waals surface area (Å²) in [5, 5.41) is 3.06. The summed E-state index contributed by atoms with van der Waals surface area (Å²) in [6.45, 7) is 3.15. The molecule has 0 unspecified atom stereocenters. The molecule has 1 fully saturated rings. The highest BCUT2D eigenvalue weighted by molar-refractivity contribution is 5.78. The maximum Gasteiger partial charge on any atom is 0.223 e. The Morgan fingerprint density at radius 2 is 2.00 bits per heavy atom. The average Bonchev–Trinajstić information content (AvgIpc) is 2.52. The van der Waals surface area contributed by atoms with Gasteiger partial charge in [-0.05, 0) is 43.2 Å². The van der Waals surface area contributed by atoms with E-state index in [0.717, 1.165) is 42.7 Å². The van der Waals surface area contributed by atoms with Crippen molar-refractivity contribution in [3.63, 3.8) is 0 Å². The Labute approximate surface area is 127 Å². The van der Waals surface area contributed by atoms with Crippen molar-refractivity contribution >= 4 is 5.91 Å². The molecule has 0 aliphatic heterocycles. The fourth-order valence-electron chi connectivity index (χ4n) is 2.79. The quantitative estimate of drug-likeness (QED) is 0.838. The van der Waals surface area contributed by atoms with Gasteiger partial charge in [0.2, 0.25) is 5.91 Å². The van der Waals surface area contributed by atoms with Gasteiger partial charge in [0.25, 0.3) is 0 Å². The lowest BCUT2D eigenvalue weighted by atomic mass is 9.82. The smallest absolute Gasteiger partial charge is 0.223 e. The van der Waals surface area contributed by atoms with Crippen LogP contribution in [0, 0.1) is 23.7 Å². The topological polar surface area (TPSA) is 55.1 Å². The lowest BCUT2D eigenvalue weighted by Gasteiger charge is -2.25. The average molecular weight is 284 g/mol. The predicted molar refractivity (Wildman–Crippen MR) is 85.3 cm³/mol. The molecule has 21 heavy (non-hydrogen) atoms. The van der Waals surface area contributed by atoms with E-state index in [4.69, 9.17) is 5.73 Å². The zero-order valence-electron chi connectivity index (χ0n) is 12.7. The van der Waals surface area contributed by atoms with Gasteiger partial charge in [-0.1, -0.05) is 37.0 Å². The van der Waals surface area contributed by atoms with Gasteiger partial charge in [0.1, 0.15) is 0 Å². The molecule has 112 valence electrons. The number of hydrogen-bond acceptors (Lipinski definition) is 2. The minimum absolute atomic E-state index is 0.184. The molecule has 0 bridgehead atoms. The highest BCUT2D eigenvalue weighted by atomic mass is 16.1. The third kappa shape index (κ3) is 4.61. The normalized spacial score (nSPS) is 21.2. The third-order valence-electron chi connectivity index (χ3n) is 4.18. The van der Waals surface area contributed by atoms with E-state index in [1.807, 2.05) is 24.3 Å². The molecule has 1 saturated carbocycles. The molecule has 1 aromatic carbocycles. The molecular weight excluding hydrogens is 260 g/mol. The van der Waals surface area contributed by atoms with Gasteiger partial charge in [-0.25, -0.2) is 0 Å². The monoisotopic (exact) mass is 284 g/mol. The highest BCUT2D eigenvalue weighted by Gasteiger charge is 2.23. The number of carbonyl (C=O) groups is 1. The Morgan fingerprint density at radius 3 is 2.71 bits per heavy atom. The van der Waals surface area contributed by atoms with E-state index in [1.54, 1.807) is 0 Å². The van der Waals surface area contributed by atoms with Crippen LogP contribution >= 0.6 is 0 Å². The van der Waals surface area contributed by atoms with Crippen LogP contribution in [-0.4, -0.2) is 12.5 Å². The molecule has 0 saturated heterocycles. The summed E-state index contributed by atoms with van der Waals surface area (Å²) in [6, 6.07) is 7.89. The second-order valence-corrected chi connectivity index (χ2v) is 5.84. The number of benzene rings is 1. The number of rotatable bonds is 3. The van der Waals surface area contributed by atoms with Crippen LogP contribution in [0.1, 0.15) is 43.7 Å². The zero-order chi connectivity index (χ0) is 15.1. The molecule has 0 spiro atoms. The second-order valence-electron chi connectivity index (χ2n) is 5.84. The molecule has 3 heteroatoms. The molecule has 1 aliphatic rings. The Hall–Kier alpha value is -1.79. The van der Waals surface area contributed by atoms with Gasteiger partial charge < -0.3 is 11.1 Å². The molecule has 2 rings (SSSR count). The summed E-state index contributed by atoms with van der Waals surface area (Å²) in [7, 11) is 0. The van der Waals surface area contributed by atoms with Crippen molar-refractivity contribution in [2.75, 3.05) is 6.54 Å². The minimum atomic E-state index is 0.184. The van der Waals surface area contributed by atoms with Crippen LogP contribution in [0.2, 0.25) is 0 Å². The van der Waals surface area contributed by atoms with E-state index in [9.17, 15) is 4.79 Å². The lowest BCUT2D eigenvalue weighted by Crippen LogP contribution is -2.32. The van der Waals surface area contributed by atoms with Crippen LogP contribution in [0.5, 0.6) is 0 Å². The van der Waals surface area contributed by atoms with Crippen molar-refractivity contribution in [2.24, 2.45) is 17.6 Å². The fourth-order valence-corrected chi connectivity index (χ4v) is 2.79. The van der Waals surface area contributed by atoms with Crippen LogP contribution in [-0.2, 0) is 11.3 Å². The molecule has 0 radical (unpaired) electrons. The molecule has 0 atom stereocenters. The Bertz CT molecular complexity index is 534. The summed E-state index contributed by atoms with van der Waals surface area (Å²) < 4.78 is 0. The van der Waals surface area contributed by atoms with Crippen molar-refractivity contribution in [1.82, 2.24) is 5.32 Å². The van der Waals surface area contributed by atoms with Gasteiger partial charge >= 0.3 is 0 Å². The van der Waals surface area contributed by atoms with Crippen LogP contribution in [0.15, 0.2) is 24.3 Å². The molecular formula is C18H24N2O. The molecule has 0 heterocycles. The second kappa shape index (κ2) is 7.85. The first-order valence-electron chi connectivity index (χ1n) is 7.75. The largest absolute Gasteiger partial charge is 0.352 e. The van der Waals surface area contributed by atoms with E-state index in [2.05, 4.69) is 24.1 Å². The number of nitrogens with one attached hydrogen (secondary N) is 1. The fraction of sp³-hybridized carbons (Fsp3) is 0.500. The van der Waals surface area contributed by atoms with E-state index in [-0.39, 0.29) is 11.8 Å². The van der Waals surface area contributed by atoms with Crippen molar-refractivity contribution in [3.05, 3.63) is 35.4 Å². The van der Waals surface area contributed by atoms with Crippen molar-refractivity contribution < 1.29 is 4.79 Å². The van der Waals surface area contributed by atoms with Crippen molar-refractivity contribution in [3.8, 4) is 11.8 Å². The first-order valence-corrected chi connectivity index (χ1v) is 7.75. The van der Waals surface area contributed by atoms with E-state index >= 15 is 0 Å². The van der Waals surface area contributed by atoms with Gasteiger partial charge in [0, 0.05) is 18.0 Å². The van der Waals surface area contributed by atoms with Crippen LogP contribution in [0.3, 0.4) is 0 Å². The Morgan fingerprint density at radius 1 is 1.29 bits per heavy atom. The van der Waals surface area contributed by atoms with E-state index in [1.165, 1.54) is 0 Å². The first kappa shape index (κ1) is 15.6. The molecule has 1 amide bonds. The lowest BCUT2D eigenvalue weighted by molar-refractivity contribution is -0.126. The zero-order valence-corrected chi connectivity index (χ0v) is 12.7. The summed E-state index contributed by atoms with van der Waals surface area (Å²) in [4.78, 5) is 12.2. The summed E-state index contributed by atoms with van der Waals surface area (Å²) in [5.41, 5.74) is 7.41. The van der Waals surface area contributed by atoms with E-state index in [0.29, 0.717) is 13.1 Å². The minimum Gasteiger partial charge on any atom is -0.352 e. The Balaban J connectivity index is 1.92.